The Morgan fingerprint density at radius 2 is 2.21 bits per heavy atom. The number of aliphatic hydroxyl groups excluding tert-OH is 1. The third-order valence-corrected chi connectivity index (χ3v) is 2.50. The highest BCUT2D eigenvalue weighted by atomic mass is 19.1. The Bertz CT molecular complexity index is 501. The molecule has 0 aliphatic rings. The van der Waals surface area contributed by atoms with Gasteiger partial charge in [0.15, 0.2) is 0 Å². The first-order chi connectivity index (χ1) is 9.02. The third-order valence-electron chi connectivity index (χ3n) is 2.50. The zero-order valence-electron chi connectivity index (χ0n) is 11.2. The summed E-state index contributed by atoms with van der Waals surface area (Å²) in [5.74, 6) is 4.77. The molecule has 0 heterocycles. The number of carbonyl (C=O) groups is 1. The number of hydrogen-bond acceptors (Lipinski definition) is 2. The highest BCUT2D eigenvalue weighted by Crippen LogP contribution is 2.15. The largest absolute Gasteiger partial charge is 0.384 e. The van der Waals surface area contributed by atoms with E-state index >= 15 is 0 Å². The Kier molecular flexibility index (Phi) is 6.04. The Morgan fingerprint density at radius 3 is 2.84 bits per heavy atom. The first kappa shape index (κ1) is 15.2. The van der Waals surface area contributed by atoms with Crippen molar-refractivity contribution in [3.8, 4) is 11.8 Å². The quantitative estimate of drug-likeness (QED) is 0.820. The molecule has 1 aromatic carbocycles. The Hall–Kier alpha value is -1.86. The average molecular weight is 263 g/mol. The maximum atomic E-state index is 13.4. The monoisotopic (exact) mass is 263 g/mol. The molecule has 1 amide bonds. The summed E-state index contributed by atoms with van der Waals surface area (Å²) in [7, 11) is 0. The minimum Gasteiger partial charge on any atom is -0.384 e. The van der Waals surface area contributed by atoms with Gasteiger partial charge in [0.2, 0.25) is 5.91 Å². The zero-order chi connectivity index (χ0) is 14.3. The van der Waals surface area contributed by atoms with Crippen LogP contribution in [-0.2, 0) is 4.79 Å². The number of anilines is 1. The maximum Gasteiger partial charge on any atom is 0.224 e. The second kappa shape index (κ2) is 7.55. The summed E-state index contributed by atoms with van der Waals surface area (Å²) in [5.41, 5.74) is 0.674. The molecule has 19 heavy (non-hydrogen) atoms. The molecule has 0 saturated carbocycles. The van der Waals surface area contributed by atoms with Crippen molar-refractivity contribution in [2.24, 2.45) is 5.92 Å². The van der Waals surface area contributed by atoms with Crippen LogP contribution >= 0.6 is 0 Å². The molecule has 2 N–H and O–H groups in total. The molecule has 0 spiro atoms. The van der Waals surface area contributed by atoms with Gasteiger partial charge in [0, 0.05) is 12.1 Å². The predicted octanol–water partition coefficient (Wildman–Crippen LogP) is 2.54. The molecule has 102 valence electrons. The number of nitrogens with one attached hydrogen (secondary N) is 1. The van der Waals surface area contributed by atoms with Crippen LogP contribution in [0.5, 0.6) is 0 Å². The van der Waals surface area contributed by atoms with Gasteiger partial charge in [-0.3, -0.25) is 4.79 Å². The summed E-state index contributed by atoms with van der Waals surface area (Å²) in [6.45, 7) is 3.77. The van der Waals surface area contributed by atoms with E-state index in [0.717, 1.165) is 6.42 Å². The van der Waals surface area contributed by atoms with Crippen LogP contribution in [-0.4, -0.2) is 17.6 Å². The molecular formula is C15H18FNO2. The van der Waals surface area contributed by atoms with E-state index in [-0.39, 0.29) is 18.1 Å². The molecule has 0 saturated heterocycles. The standard InChI is InChI=1S/C15H18FNO2/c1-11(2)5-8-15(19)17-13-6-7-14(16)12(10-13)4-3-9-18/h6-7,10-11,18H,5,8-9H2,1-2H3,(H,17,19). The van der Waals surface area contributed by atoms with Crippen LogP contribution < -0.4 is 5.32 Å². The third kappa shape index (κ3) is 5.54. The molecule has 1 rings (SSSR count). The smallest absolute Gasteiger partial charge is 0.224 e. The van der Waals surface area contributed by atoms with Crippen molar-refractivity contribution in [1.82, 2.24) is 0 Å². The fourth-order valence-electron chi connectivity index (χ4n) is 1.48. The summed E-state index contributed by atoms with van der Waals surface area (Å²) in [4.78, 5) is 11.6. The van der Waals surface area contributed by atoms with Crippen molar-refractivity contribution in [3.63, 3.8) is 0 Å². The van der Waals surface area contributed by atoms with Gasteiger partial charge in [-0.1, -0.05) is 25.7 Å². The molecule has 0 aliphatic heterocycles. The first-order valence-electron chi connectivity index (χ1n) is 6.22. The molecule has 0 bridgehead atoms. The molecule has 0 radical (unpaired) electrons. The summed E-state index contributed by atoms with van der Waals surface area (Å²) in [6.07, 6.45) is 1.25. The Morgan fingerprint density at radius 1 is 1.47 bits per heavy atom. The van der Waals surface area contributed by atoms with Gasteiger partial charge < -0.3 is 10.4 Å². The van der Waals surface area contributed by atoms with Crippen LogP contribution in [0.3, 0.4) is 0 Å². The fraction of sp³-hybridized carbons (Fsp3) is 0.400. The van der Waals surface area contributed by atoms with E-state index < -0.39 is 5.82 Å². The minimum absolute atomic E-state index is 0.0959. The van der Waals surface area contributed by atoms with Gasteiger partial charge in [0.1, 0.15) is 12.4 Å². The first-order valence-corrected chi connectivity index (χ1v) is 6.22. The lowest BCUT2D eigenvalue weighted by Gasteiger charge is -2.07. The topological polar surface area (TPSA) is 49.3 Å². The average Bonchev–Trinajstić information content (AvgIpc) is 2.37. The van der Waals surface area contributed by atoms with Gasteiger partial charge in [0.05, 0.1) is 5.56 Å². The zero-order valence-corrected chi connectivity index (χ0v) is 11.2. The van der Waals surface area contributed by atoms with E-state index in [1.165, 1.54) is 18.2 Å². The molecule has 4 heteroatoms. The molecule has 0 aromatic heterocycles. The van der Waals surface area contributed by atoms with Crippen LogP contribution in [0, 0.1) is 23.6 Å². The Balaban J connectivity index is 2.71. The fourth-order valence-corrected chi connectivity index (χ4v) is 1.48. The second-order valence-corrected chi connectivity index (χ2v) is 4.64. The van der Waals surface area contributed by atoms with E-state index in [1.807, 2.05) is 13.8 Å². The molecular weight excluding hydrogens is 245 g/mol. The number of carbonyl (C=O) groups excluding carboxylic acids is 1. The van der Waals surface area contributed by atoms with E-state index in [4.69, 9.17) is 5.11 Å². The lowest BCUT2D eigenvalue weighted by atomic mass is 10.1. The van der Waals surface area contributed by atoms with Gasteiger partial charge >= 0.3 is 0 Å². The Labute approximate surface area is 112 Å². The lowest BCUT2D eigenvalue weighted by Crippen LogP contribution is -2.12. The number of benzene rings is 1. The summed E-state index contributed by atoms with van der Waals surface area (Å²) in [6, 6.07) is 4.21. The van der Waals surface area contributed by atoms with Gasteiger partial charge in [-0.2, -0.15) is 0 Å². The van der Waals surface area contributed by atoms with Gasteiger partial charge in [-0.15, -0.1) is 0 Å². The number of aliphatic hydroxyl groups is 1. The minimum atomic E-state index is -0.471. The van der Waals surface area contributed by atoms with E-state index in [2.05, 4.69) is 17.2 Å². The lowest BCUT2D eigenvalue weighted by molar-refractivity contribution is -0.116. The van der Waals surface area contributed by atoms with E-state index in [9.17, 15) is 9.18 Å². The molecule has 0 unspecified atom stereocenters. The van der Waals surface area contributed by atoms with Crippen molar-refractivity contribution in [1.29, 1.82) is 0 Å². The highest BCUT2D eigenvalue weighted by Gasteiger charge is 2.06. The predicted molar refractivity (Wildman–Crippen MR) is 73.1 cm³/mol. The van der Waals surface area contributed by atoms with Gasteiger partial charge in [0.25, 0.3) is 0 Å². The molecule has 1 aromatic rings. The van der Waals surface area contributed by atoms with E-state index in [0.29, 0.717) is 18.0 Å². The molecule has 0 fully saturated rings. The van der Waals surface area contributed by atoms with Crippen molar-refractivity contribution >= 4 is 11.6 Å². The maximum absolute atomic E-state index is 13.4. The summed E-state index contributed by atoms with van der Waals surface area (Å²) < 4.78 is 13.4. The second-order valence-electron chi connectivity index (χ2n) is 4.64. The highest BCUT2D eigenvalue weighted by molar-refractivity contribution is 5.90. The van der Waals surface area contributed by atoms with Crippen LogP contribution in [0.2, 0.25) is 0 Å². The van der Waals surface area contributed by atoms with Gasteiger partial charge in [-0.25, -0.2) is 4.39 Å². The number of amides is 1. The van der Waals surface area contributed by atoms with Crippen LogP contribution in [0.1, 0.15) is 32.3 Å². The van der Waals surface area contributed by atoms with Crippen LogP contribution in [0.25, 0.3) is 0 Å². The van der Waals surface area contributed by atoms with Gasteiger partial charge in [-0.05, 0) is 30.5 Å². The van der Waals surface area contributed by atoms with Crippen LogP contribution in [0.4, 0.5) is 10.1 Å². The van der Waals surface area contributed by atoms with Crippen molar-refractivity contribution in [3.05, 3.63) is 29.6 Å². The summed E-state index contributed by atoms with van der Waals surface area (Å²) >= 11 is 0. The molecule has 0 aliphatic carbocycles. The molecule has 3 nitrogen and oxygen atoms in total. The van der Waals surface area contributed by atoms with Crippen LogP contribution in [0.15, 0.2) is 18.2 Å². The SMILES string of the molecule is CC(C)CCC(=O)Nc1ccc(F)c(C#CCO)c1. The number of hydrogen-bond donors (Lipinski definition) is 2. The van der Waals surface area contributed by atoms with E-state index in [1.54, 1.807) is 0 Å². The molecule has 0 atom stereocenters. The number of rotatable bonds is 4. The van der Waals surface area contributed by atoms with Crippen molar-refractivity contribution in [2.45, 2.75) is 26.7 Å². The van der Waals surface area contributed by atoms with Crippen molar-refractivity contribution < 1.29 is 14.3 Å². The normalized spacial score (nSPS) is 9.95. The summed E-state index contributed by atoms with van der Waals surface area (Å²) in [5, 5.41) is 11.3. The van der Waals surface area contributed by atoms with Crippen molar-refractivity contribution in [2.75, 3.05) is 11.9 Å². The number of halogens is 1.